The quantitative estimate of drug-likeness (QED) is 0.354. The maximum absolute atomic E-state index is 13.0. The highest BCUT2D eigenvalue weighted by atomic mass is 32.2. The molecule has 0 unspecified atom stereocenters. The van der Waals surface area contributed by atoms with Crippen LogP contribution >= 0.6 is 0 Å². The van der Waals surface area contributed by atoms with Crippen molar-refractivity contribution in [1.29, 1.82) is 0 Å². The first-order valence-corrected chi connectivity index (χ1v) is 11.5. The molecule has 1 saturated heterocycles. The van der Waals surface area contributed by atoms with E-state index in [1.165, 1.54) is 57.5 Å². The number of rotatable bonds is 8. The second-order valence-electron chi connectivity index (χ2n) is 7.57. The second kappa shape index (κ2) is 9.74. The number of aliphatic hydroxyl groups excluding tert-OH is 1. The molecule has 10 heteroatoms. The van der Waals surface area contributed by atoms with E-state index in [1.807, 2.05) is 0 Å². The number of sulfonamides is 1. The van der Waals surface area contributed by atoms with Crippen LogP contribution in [-0.4, -0.2) is 75.9 Å². The number of likely N-dealkylation sites (tertiary alicyclic amines) is 1. The fourth-order valence-electron chi connectivity index (χ4n) is 3.61. The zero-order valence-corrected chi connectivity index (χ0v) is 19.6. The van der Waals surface area contributed by atoms with E-state index in [1.54, 1.807) is 24.3 Å². The molecule has 1 amide bonds. The number of amides is 1. The number of ketones is 1. The van der Waals surface area contributed by atoms with Crippen LogP contribution in [0.2, 0.25) is 0 Å². The van der Waals surface area contributed by atoms with Crippen molar-refractivity contribution in [2.24, 2.45) is 0 Å². The monoisotopic (exact) mass is 474 g/mol. The van der Waals surface area contributed by atoms with Crippen LogP contribution in [0.15, 0.2) is 59.0 Å². The molecular formula is C23H26N2O7S. The normalized spacial score (nSPS) is 18.2. The minimum atomic E-state index is -3.66. The average Bonchev–Trinajstić information content (AvgIpc) is 3.07. The predicted octanol–water partition coefficient (Wildman–Crippen LogP) is 2.01. The van der Waals surface area contributed by atoms with E-state index in [0.717, 1.165) is 4.31 Å². The Hall–Kier alpha value is -3.21. The summed E-state index contributed by atoms with van der Waals surface area (Å²) in [6.07, 6.45) is 0. The summed E-state index contributed by atoms with van der Waals surface area (Å²) in [6.45, 7) is 0.338. The maximum Gasteiger partial charge on any atom is 0.295 e. The number of carbonyl (C=O) groups is 2. The molecule has 1 heterocycles. The van der Waals surface area contributed by atoms with Gasteiger partial charge in [0.1, 0.15) is 11.5 Å². The lowest BCUT2D eigenvalue weighted by molar-refractivity contribution is -0.140. The van der Waals surface area contributed by atoms with Crippen molar-refractivity contribution in [2.75, 3.05) is 41.5 Å². The van der Waals surface area contributed by atoms with E-state index < -0.39 is 33.5 Å². The summed E-state index contributed by atoms with van der Waals surface area (Å²) in [5.41, 5.74) is 0.705. The van der Waals surface area contributed by atoms with Gasteiger partial charge in [-0.15, -0.1) is 0 Å². The Bertz CT molecular complexity index is 1190. The van der Waals surface area contributed by atoms with Gasteiger partial charge in [-0.2, -0.15) is 0 Å². The standard InChI is InChI=1S/C23H26N2O7S/c1-24(2)33(29,30)18-10-8-15(9-11-18)21(26)19-20(16-6-5-7-17(14-16)32-4)25(12-13-31-3)23(28)22(19)27/h5-11,14,20,26H,12-13H2,1-4H3/t20-/m1/s1. The summed E-state index contributed by atoms with van der Waals surface area (Å²) in [7, 11) is 2.16. The zero-order chi connectivity index (χ0) is 24.3. The number of hydrogen-bond donors (Lipinski definition) is 1. The van der Waals surface area contributed by atoms with Crippen LogP contribution in [0.25, 0.3) is 5.76 Å². The van der Waals surface area contributed by atoms with E-state index >= 15 is 0 Å². The molecule has 9 nitrogen and oxygen atoms in total. The summed E-state index contributed by atoms with van der Waals surface area (Å²) in [4.78, 5) is 27.2. The van der Waals surface area contributed by atoms with E-state index in [0.29, 0.717) is 11.3 Å². The van der Waals surface area contributed by atoms with Gasteiger partial charge in [-0.3, -0.25) is 9.59 Å². The lowest BCUT2D eigenvalue weighted by atomic mass is 9.95. The minimum Gasteiger partial charge on any atom is -0.507 e. The Morgan fingerprint density at radius 2 is 1.76 bits per heavy atom. The third-order valence-electron chi connectivity index (χ3n) is 5.39. The smallest absolute Gasteiger partial charge is 0.295 e. The number of ether oxygens (including phenoxy) is 2. The summed E-state index contributed by atoms with van der Waals surface area (Å²) < 4.78 is 36.1. The Morgan fingerprint density at radius 1 is 1.09 bits per heavy atom. The highest BCUT2D eigenvalue weighted by molar-refractivity contribution is 7.89. The Balaban J connectivity index is 2.14. The summed E-state index contributed by atoms with van der Waals surface area (Å²) in [5.74, 6) is -1.45. The van der Waals surface area contributed by atoms with Gasteiger partial charge >= 0.3 is 0 Å². The number of benzene rings is 2. The van der Waals surface area contributed by atoms with E-state index in [9.17, 15) is 23.1 Å². The van der Waals surface area contributed by atoms with Gasteiger partial charge in [-0.05, 0) is 42.0 Å². The molecule has 0 bridgehead atoms. The number of hydrogen-bond acceptors (Lipinski definition) is 7. The molecule has 2 aromatic rings. The van der Waals surface area contributed by atoms with Crippen LogP contribution in [0, 0.1) is 0 Å². The van der Waals surface area contributed by atoms with E-state index in [2.05, 4.69) is 0 Å². The number of carbonyl (C=O) groups excluding carboxylic acids is 2. The largest absolute Gasteiger partial charge is 0.507 e. The fourth-order valence-corrected chi connectivity index (χ4v) is 4.51. The van der Waals surface area contributed by atoms with Gasteiger partial charge in [0, 0.05) is 33.3 Å². The van der Waals surface area contributed by atoms with Crippen molar-refractivity contribution in [1.82, 2.24) is 9.21 Å². The van der Waals surface area contributed by atoms with Crippen LogP contribution in [0.4, 0.5) is 0 Å². The third-order valence-corrected chi connectivity index (χ3v) is 7.22. The first-order valence-electron chi connectivity index (χ1n) is 10.1. The summed E-state index contributed by atoms with van der Waals surface area (Å²) in [6, 6.07) is 11.5. The third kappa shape index (κ3) is 4.63. The molecule has 1 fully saturated rings. The van der Waals surface area contributed by atoms with Gasteiger partial charge < -0.3 is 19.5 Å². The van der Waals surface area contributed by atoms with Crippen molar-refractivity contribution in [3.8, 4) is 5.75 Å². The van der Waals surface area contributed by atoms with Crippen LogP contribution in [0.3, 0.4) is 0 Å². The fraction of sp³-hybridized carbons (Fsp3) is 0.304. The Morgan fingerprint density at radius 3 is 2.33 bits per heavy atom. The van der Waals surface area contributed by atoms with E-state index in [4.69, 9.17) is 9.47 Å². The van der Waals surface area contributed by atoms with Crippen molar-refractivity contribution in [3.63, 3.8) is 0 Å². The highest BCUT2D eigenvalue weighted by Gasteiger charge is 2.46. The molecule has 1 aliphatic rings. The van der Waals surface area contributed by atoms with Crippen molar-refractivity contribution < 1.29 is 32.6 Å². The van der Waals surface area contributed by atoms with Crippen molar-refractivity contribution in [2.45, 2.75) is 10.9 Å². The van der Waals surface area contributed by atoms with Crippen LogP contribution in [0.1, 0.15) is 17.2 Å². The molecule has 33 heavy (non-hydrogen) atoms. The number of methoxy groups -OCH3 is 2. The molecule has 2 aromatic carbocycles. The lowest BCUT2D eigenvalue weighted by Crippen LogP contribution is -2.32. The molecule has 0 saturated carbocycles. The molecule has 1 aliphatic heterocycles. The number of Topliss-reactive ketones (excluding diaryl/α,β-unsaturated/α-hetero) is 1. The van der Waals surface area contributed by atoms with Gasteiger partial charge in [0.05, 0.1) is 30.2 Å². The van der Waals surface area contributed by atoms with Gasteiger partial charge in [0.2, 0.25) is 10.0 Å². The van der Waals surface area contributed by atoms with Gasteiger partial charge in [-0.1, -0.05) is 12.1 Å². The molecule has 1 N–H and O–H groups in total. The number of nitrogens with zero attached hydrogens (tertiary/aromatic N) is 2. The molecule has 0 radical (unpaired) electrons. The van der Waals surface area contributed by atoms with Crippen LogP contribution < -0.4 is 4.74 Å². The first-order chi connectivity index (χ1) is 15.6. The summed E-state index contributed by atoms with van der Waals surface area (Å²) >= 11 is 0. The van der Waals surface area contributed by atoms with E-state index in [-0.39, 0.29) is 29.2 Å². The average molecular weight is 475 g/mol. The SMILES string of the molecule is COCCN1C(=O)C(=O)C(=C(O)c2ccc(S(=O)(=O)N(C)C)cc2)[C@H]1c1cccc(OC)c1. The Kier molecular flexibility index (Phi) is 7.21. The Labute approximate surface area is 192 Å². The second-order valence-corrected chi connectivity index (χ2v) is 9.73. The van der Waals surface area contributed by atoms with Gasteiger partial charge in [-0.25, -0.2) is 12.7 Å². The summed E-state index contributed by atoms with van der Waals surface area (Å²) in [5, 5.41) is 11.1. The molecule has 176 valence electrons. The highest BCUT2D eigenvalue weighted by Crippen LogP contribution is 2.40. The van der Waals surface area contributed by atoms with Crippen LogP contribution in [-0.2, 0) is 24.3 Å². The van der Waals surface area contributed by atoms with Gasteiger partial charge in [0.15, 0.2) is 0 Å². The molecule has 0 spiro atoms. The predicted molar refractivity (Wildman–Crippen MR) is 121 cm³/mol. The molecule has 0 aromatic heterocycles. The molecule has 1 atom stereocenters. The molecule has 0 aliphatic carbocycles. The van der Waals surface area contributed by atoms with Crippen LogP contribution in [0.5, 0.6) is 5.75 Å². The molecule has 3 rings (SSSR count). The molecular weight excluding hydrogens is 448 g/mol. The number of aliphatic hydroxyl groups is 1. The van der Waals surface area contributed by atoms with Gasteiger partial charge in [0.25, 0.3) is 11.7 Å². The lowest BCUT2D eigenvalue weighted by Gasteiger charge is -2.25. The zero-order valence-electron chi connectivity index (χ0n) is 18.8. The minimum absolute atomic E-state index is 0.0361. The maximum atomic E-state index is 13.0. The van der Waals surface area contributed by atoms with Crippen molar-refractivity contribution >= 4 is 27.5 Å². The van der Waals surface area contributed by atoms with Crippen molar-refractivity contribution in [3.05, 3.63) is 65.2 Å². The first kappa shape index (κ1) is 24.4. The topological polar surface area (TPSA) is 113 Å².